The topological polar surface area (TPSA) is 75.5 Å². The molecule has 0 unspecified atom stereocenters. The summed E-state index contributed by atoms with van der Waals surface area (Å²) < 4.78 is 1.85. The van der Waals surface area contributed by atoms with Crippen molar-refractivity contribution in [2.45, 2.75) is 6.54 Å². The third-order valence-corrected chi connectivity index (χ3v) is 2.91. The van der Waals surface area contributed by atoms with Gasteiger partial charge in [0.2, 0.25) is 0 Å². The first-order valence-corrected chi connectivity index (χ1v) is 5.58. The Bertz CT molecular complexity index is 669. The van der Waals surface area contributed by atoms with Crippen molar-refractivity contribution in [3.8, 4) is 0 Å². The first-order chi connectivity index (χ1) is 8.75. The van der Waals surface area contributed by atoms with E-state index in [4.69, 9.17) is 0 Å². The van der Waals surface area contributed by atoms with E-state index in [1.807, 2.05) is 24.8 Å². The number of fused-ring (bicyclic) bond motifs is 1. The van der Waals surface area contributed by atoms with E-state index in [-0.39, 0.29) is 0 Å². The number of hydrogen-bond acceptors (Lipinski definition) is 5. The van der Waals surface area contributed by atoms with Gasteiger partial charge in [-0.1, -0.05) is 0 Å². The molecule has 3 aromatic heterocycles. The van der Waals surface area contributed by atoms with Gasteiger partial charge in [-0.05, 0) is 6.07 Å². The van der Waals surface area contributed by atoms with Gasteiger partial charge in [-0.25, -0.2) is 9.97 Å². The van der Waals surface area contributed by atoms with E-state index in [9.17, 15) is 0 Å². The minimum absolute atomic E-state index is 0.730. The fourth-order valence-electron chi connectivity index (χ4n) is 1.93. The predicted octanol–water partition coefficient (Wildman–Crippen LogP) is 0.723. The molecule has 0 bridgehead atoms. The molecule has 7 heteroatoms. The van der Waals surface area contributed by atoms with Gasteiger partial charge < -0.3 is 4.90 Å². The van der Waals surface area contributed by atoms with Gasteiger partial charge in [0.05, 0.1) is 23.8 Å². The molecule has 0 saturated carbocycles. The highest BCUT2D eigenvalue weighted by Gasteiger charge is 2.11. The van der Waals surface area contributed by atoms with E-state index in [1.165, 1.54) is 6.33 Å². The van der Waals surface area contributed by atoms with Crippen molar-refractivity contribution in [3.63, 3.8) is 0 Å². The normalized spacial score (nSPS) is 11.0. The summed E-state index contributed by atoms with van der Waals surface area (Å²) in [4.78, 5) is 10.5. The van der Waals surface area contributed by atoms with E-state index >= 15 is 0 Å². The highest BCUT2D eigenvalue weighted by atomic mass is 15.3. The second-order valence-corrected chi connectivity index (χ2v) is 4.13. The van der Waals surface area contributed by atoms with Gasteiger partial charge in [-0.2, -0.15) is 10.2 Å². The van der Waals surface area contributed by atoms with Crippen LogP contribution in [0.4, 0.5) is 5.82 Å². The summed E-state index contributed by atoms with van der Waals surface area (Å²) in [5.41, 5.74) is 1.87. The second-order valence-electron chi connectivity index (χ2n) is 4.13. The SMILES string of the molecule is CN(Cc1ccnn1C)c1ncnc2[nH]ncc12. The van der Waals surface area contributed by atoms with Gasteiger partial charge in [0, 0.05) is 20.3 Å². The summed E-state index contributed by atoms with van der Waals surface area (Å²) in [5, 5.41) is 11.9. The highest BCUT2D eigenvalue weighted by molar-refractivity contribution is 5.85. The van der Waals surface area contributed by atoms with Crippen molar-refractivity contribution in [2.75, 3.05) is 11.9 Å². The van der Waals surface area contributed by atoms with E-state index in [1.54, 1.807) is 12.4 Å². The number of hydrogen-bond donors (Lipinski definition) is 1. The van der Waals surface area contributed by atoms with Crippen LogP contribution in [0.1, 0.15) is 5.69 Å². The van der Waals surface area contributed by atoms with Gasteiger partial charge in [0.1, 0.15) is 12.1 Å². The van der Waals surface area contributed by atoms with Gasteiger partial charge in [-0.15, -0.1) is 0 Å². The number of rotatable bonds is 3. The van der Waals surface area contributed by atoms with Crippen LogP contribution < -0.4 is 4.90 Å². The van der Waals surface area contributed by atoms with Crippen LogP contribution in [-0.4, -0.2) is 37.0 Å². The molecular weight excluding hydrogens is 230 g/mol. The molecule has 0 atom stereocenters. The Morgan fingerprint density at radius 1 is 1.39 bits per heavy atom. The fraction of sp³-hybridized carbons (Fsp3) is 0.273. The number of H-pyrrole nitrogens is 1. The fourth-order valence-corrected chi connectivity index (χ4v) is 1.93. The zero-order valence-electron chi connectivity index (χ0n) is 10.2. The molecule has 92 valence electrons. The molecule has 0 fully saturated rings. The second kappa shape index (κ2) is 4.10. The van der Waals surface area contributed by atoms with Crippen LogP contribution in [0.3, 0.4) is 0 Å². The number of aromatic nitrogens is 6. The Labute approximate surface area is 103 Å². The van der Waals surface area contributed by atoms with E-state index in [2.05, 4.69) is 30.2 Å². The van der Waals surface area contributed by atoms with Crippen LogP contribution in [0, 0.1) is 0 Å². The van der Waals surface area contributed by atoms with Gasteiger partial charge in [0.25, 0.3) is 0 Å². The Morgan fingerprint density at radius 3 is 3.06 bits per heavy atom. The van der Waals surface area contributed by atoms with Crippen LogP contribution in [0.15, 0.2) is 24.8 Å². The average Bonchev–Trinajstić information content (AvgIpc) is 2.98. The number of aryl methyl sites for hydroxylation is 1. The molecule has 0 aliphatic heterocycles. The van der Waals surface area contributed by atoms with Crippen LogP contribution in [0.25, 0.3) is 11.0 Å². The van der Waals surface area contributed by atoms with E-state index < -0.39 is 0 Å². The summed E-state index contributed by atoms with van der Waals surface area (Å²) in [5.74, 6) is 0.856. The molecule has 3 aromatic rings. The number of nitrogens with one attached hydrogen (secondary N) is 1. The number of nitrogens with zero attached hydrogens (tertiary/aromatic N) is 6. The minimum atomic E-state index is 0.730. The lowest BCUT2D eigenvalue weighted by Crippen LogP contribution is -2.20. The van der Waals surface area contributed by atoms with E-state index in [0.29, 0.717) is 0 Å². The lowest BCUT2D eigenvalue weighted by molar-refractivity contribution is 0.697. The number of aromatic amines is 1. The van der Waals surface area contributed by atoms with Crippen molar-refractivity contribution in [1.29, 1.82) is 0 Å². The maximum Gasteiger partial charge on any atom is 0.160 e. The third-order valence-electron chi connectivity index (χ3n) is 2.91. The van der Waals surface area contributed by atoms with Crippen molar-refractivity contribution in [2.24, 2.45) is 7.05 Å². The maximum absolute atomic E-state index is 4.31. The molecular formula is C11H13N7. The molecule has 0 aliphatic carbocycles. The third kappa shape index (κ3) is 1.69. The monoisotopic (exact) mass is 243 g/mol. The zero-order chi connectivity index (χ0) is 12.5. The van der Waals surface area contributed by atoms with Gasteiger partial charge in [-0.3, -0.25) is 9.78 Å². The van der Waals surface area contributed by atoms with Crippen LogP contribution in [-0.2, 0) is 13.6 Å². The minimum Gasteiger partial charge on any atom is -0.353 e. The van der Waals surface area contributed by atoms with Crippen LogP contribution in [0.5, 0.6) is 0 Å². The van der Waals surface area contributed by atoms with Crippen molar-refractivity contribution < 1.29 is 0 Å². The average molecular weight is 243 g/mol. The summed E-state index contributed by atoms with van der Waals surface area (Å²) in [6, 6.07) is 1.99. The first-order valence-electron chi connectivity index (χ1n) is 5.58. The highest BCUT2D eigenvalue weighted by Crippen LogP contribution is 2.20. The van der Waals surface area contributed by atoms with Crippen molar-refractivity contribution in [3.05, 3.63) is 30.5 Å². The molecule has 1 N–H and O–H groups in total. The predicted molar refractivity (Wildman–Crippen MR) is 67.0 cm³/mol. The Kier molecular flexibility index (Phi) is 2.44. The summed E-state index contributed by atoms with van der Waals surface area (Å²) in [6.07, 6.45) is 5.07. The molecule has 0 aromatic carbocycles. The molecule has 0 spiro atoms. The zero-order valence-corrected chi connectivity index (χ0v) is 10.2. The van der Waals surface area contributed by atoms with Crippen molar-refractivity contribution >= 4 is 16.9 Å². The molecule has 3 heterocycles. The quantitative estimate of drug-likeness (QED) is 0.733. The molecule has 0 amide bonds. The smallest absolute Gasteiger partial charge is 0.160 e. The number of anilines is 1. The van der Waals surface area contributed by atoms with E-state index in [0.717, 1.165) is 29.1 Å². The molecule has 3 rings (SSSR count). The molecule has 0 aliphatic rings. The van der Waals surface area contributed by atoms with Gasteiger partial charge >= 0.3 is 0 Å². The lowest BCUT2D eigenvalue weighted by atomic mass is 10.3. The first kappa shape index (κ1) is 10.7. The standard InChI is InChI=1S/C11H13N7/c1-17(6-8-3-4-15-18(8)2)11-9-5-14-16-10(9)12-7-13-11/h3-5,7H,6H2,1-2H3,(H,12,13,14,16). The molecule has 7 nitrogen and oxygen atoms in total. The summed E-state index contributed by atoms with van der Waals surface area (Å²) >= 11 is 0. The Morgan fingerprint density at radius 2 is 2.28 bits per heavy atom. The molecule has 0 radical (unpaired) electrons. The maximum atomic E-state index is 4.31. The summed E-state index contributed by atoms with van der Waals surface area (Å²) in [7, 11) is 3.92. The Hall–Kier alpha value is -2.44. The van der Waals surface area contributed by atoms with Gasteiger partial charge in [0.15, 0.2) is 5.65 Å². The molecule has 18 heavy (non-hydrogen) atoms. The largest absolute Gasteiger partial charge is 0.353 e. The van der Waals surface area contributed by atoms with Crippen molar-refractivity contribution in [1.82, 2.24) is 29.9 Å². The lowest BCUT2D eigenvalue weighted by Gasteiger charge is -2.18. The van der Waals surface area contributed by atoms with Crippen LogP contribution >= 0.6 is 0 Å². The van der Waals surface area contributed by atoms with Crippen LogP contribution in [0.2, 0.25) is 0 Å². The molecule has 0 saturated heterocycles. The summed E-state index contributed by atoms with van der Waals surface area (Å²) in [6.45, 7) is 0.730. The Balaban J connectivity index is 1.95.